The van der Waals surface area contributed by atoms with E-state index in [1.807, 2.05) is 4.90 Å². The quantitative estimate of drug-likeness (QED) is 0.805. The molecule has 0 saturated carbocycles. The third-order valence-corrected chi connectivity index (χ3v) is 3.86. The average molecular weight is 238 g/mol. The van der Waals surface area contributed by atoms with Gasteiger partial charge in [0, 0.05) is 25.6 Å². The molecule has 2 unspecified atom stereocenters. The minimum Gasteiger partial charge on any atom is -0.355 e. The van der Waals surface area contributed by atoms with E-state index in [2.05, 4.69) is 12.2 Å². The first-order valence-corrected chi connectivity index (χ1v) is 6.79. The van der Waals surface area contributed by atoms with Crippen LogP contribution in [0.1, 0.15) is 45.4 Å². The number of nitrogens with zero attached hydrogens (tertiary/aromatic N) is 1. The molecule has 0 aromatic heterocycles. The molecule has 0 aromatic rings. The lowest BCUT2D eigenvalue weighted by Crippen LogP contribution is -2.46. The maximum Gasteiger partial charge on any atom is 0.228 e. The molecule has 0 aromatic carbocycles. The van der Waals surface area contributed by atoms with E-state index < -0.39 is 0 Å². The first kappa shape index (κ1) is 12.4. The predicted molar refractivity (Wildman–Crippen MR) is 65.4 cm³/mol. The molecule has 2 aliphatic heterocycles. The van der Waals surface area contributed by atoms with Crippen LogP contribution in [-0.2, 0) is 9.59 Å². The van der Waals surface area contributed by atoms with Crippen molar-refractivity contribution in [2.75, 3.05) is 13.1 Å². The summed E-state index contributed by atoms with van der Waals surface area (Å²) in [5, 5.41) is 2.75. The number of likely N-dealkylation sites (tertiary alicyclic amines) is 1. The van der Waals surface area contributed by atoms with Crippen molar-refractivity contribution in [2.24, 2.45) is 5.92 Å². The van der Waals surface area contributed by atoms with Crippen molar-refractivity contribution in [2.45, 2.75) is 51.5 Å². The van der Waals surface area contributed by atoms with Gasteiger partial charge in [0.05, 0.1) is 5.92 Å². The number of carbonyl (C=O) groups excluding carboxylic acids is 2. The maximum atomic E-state index is 12.4. The Bertz CT molecular complexity index is 302. The highest BCUT2D eigenvalue weighted by Crippen LogP contribution is 2.24. The van der Waals surface area contributed by atoms with Crippen molar-refractivity contribution in [1.29, 1.82) is 0 Å². The summed E-state index contributed by atoms with van der Waals surface area (Å²) >= 11 is 0. The summed E-state index contributed by atoms with van der Waals surface area (Å²) in [5.41, 5.74) is 0. The molecule has 2 heterocycles. The van der Waals surface area contributed by atoms with E-state index in [1.165, 1.54) is 6.42 Å². The third-order valence-electron chi connectivity index (χ3n) is 3.86. The lowest BCUT2D eigenvalue weighted by Gasteiger charge is -2.37. The average Bonchev–Trinajstić information content (AvgIpc) is 2.76. The van der Waals surface area contributed by atoms with Gasteiger partial charge >= 0.3 is 0 Å². The molecular weight excluding hydrogens is 216 g/mol. The number of rotatable bonds is 3. The largest absolute Gasteiger partial charge is 0.355 e. The molecule has 2 aliphatic rings. The Balaban J connectivity index is 1.98. The summed E-state index contributed by atoms with van der Waals surface area (Å²) in [4.78, 5) is 25.6. The molecule has 2 atom stereocenters. The van der Waals surface area contributed by atoms with Crippen LogP contribution in [0.3, 0.4) is 0 Å². The van der Waals surface area contributed by atoms with Gasteiger partial charge in [0.15, 0.2) is 0 Å². The molecule has 0 radical (unpaired) electrons. The van der Waals surface area contributed by atoms with Gasteiger partial charge in [-0.05, 0) is 25.7 Å². The van der Waals surface area contributed by atoms with Gasteiger partial charge in [-0.25, -0.2) is 0 Å². The molecule has 4 nitrogen and oxygen atoms in total. The van der Waals surface area contributed by atoms with Gasteiger partial charge in [-0.1, -0.05) is 13.3 Å². The van der Waals surface area contributed by atoms with Gasteiger partial charge < -0.3 is 10.2 Å². The fraction of sp³-hybridized carbons (Fsp3) is 0.846. The van der Waals surface area contributed by atoms with Crippen LogP contribution in [0.15, 0.2) is 0 Å². The standard InChI is InChI=1S/C13H22N2O2/c1-2-5-11-6-3-4-7-15(11)13(17)10-8-12(16)14-9-10/h10-11H,2-9H2,1H3,(H,14,16). The first-order valence-electron chi connectivity index (χ1n) is 6.79. The summed E-state index contributed by atoms with van der Waals surface area (Å²) in [6.07, 6.45) is 6.08. The van der Waals surface area contributed by atoms with Crippen LogP contribution >= 0.6 is 0 Å². The summed E-state index contributed by atoms with van der Waals surface area (Å²) in [7, 11) is 0. The van der Waals surface area contributed by atoms with Gasteiger partial charge in [-0.2, -0.15) is 0 Å². The van der Waals surface area contributed by atoms with Gasteiger partial charge in [-0.3, -0.25) is 9.59 Å². The molecule has 4 heteroatoms. The topological polar surface area (TPSA) is 49.4 Å². The number of carbonyl (C=O) groups is 2. The molecule has 0 spiro atoms. The number of amides is 2. The molecule has 96 valence electrons. The number of hydrogen-bond donors (Lipinski definition) is 1. The van der Waals surface area contributed by atoms with E-state index in [1.54, 1.807) is 0 Å². The van der Waals surface area contributed by atoms with Gasteiger partial charge in [0.25, 0.3) is 0 Å². The third kappa shape index (κ3) is 2.79. The summed E-state index contributed by atoms with van der Waals surface area (Å²) in [6, 6.07) is 0.414. The van der Waals surface area contributed by atoms with Crippen LogP contribution in [0.25, 0.3) is 0 Å². The minimum absolute atomic E-state index is 0.0207. The normalized spacial score (nSPS) is 29.2. The van der Waals surface area contributed by atoms with Crippen LogP contribution in [0.4, 0.5) is 0 Å². The zero-order valence-electron chi connectivity index (χ0n) is 10.6. The highest BCUT2D eigenvalue weighted by atomic mass is 16.2. The Morgan fingerprint density at radius 1 is 1.47 bits per heavy atom. The summed E-state index contributed by atoms with van der Waals surface area (Å²) in [6.45, 7) is 3.58. The first-order chi connectivity index (χ1) is 8.22. The number of piperidine rings is 1. The van der Waals surface area contributed by atoms with Gasteiger partial charge in [0.2, 0.25) is 11.8 Å². The number of hydrogen-bond acceptors (Lipinski definition) is 2. The second-order valence-electron chi connectivity index (χ2n) is 5.18. The Hall–Kier alpha value is -1.06. The van der Waals surface area contributed by atoms with Crippen LogP contribution in [-0.4, -0.2) is 35.8 Å². The zero-order valence-corrected chi connectivity index (χ0v) is 10.6. The highest BCUT2D eigenvalue weighted by molar-refractivity contribution is 5.89. The summed E-state index contributed by atoms with van der Waals surface area (Å²) < 4.78 is 0. The molecule has 1 N–H and O–H groups in total. The smallest absolute Gasteiger partial charge is 0.228 e. The minimum atomic E-state index is -0.111. The van der Waals surface area contributed by atoms with E-state index >= 15 is 0 Å². The van der Waals surface area contributed by atoms with Gasteiger partial charge in [-0.15, -0.1) is 0 Å². The monoisotopic (exact) mass is 238 g/mol. The Morgan fingerprint density at radius 2 is 2.29 bits per heavy atom. The predicted octanol–water partition coefficient (Wildman–Crippen LogP) is 1.30. The molecular formula is C13H22N2O2. The zero-order chi connectivity index (χ0) is 12.3. The van der Waals surface area contributed by atoms with Crippen LogP contribution in [0.2, 0.25) is 0 Å². The van der Waals surface area contributed by atoms with Gasteiger partial charge in [0.1, 0.15) is 0 Å². The molecule has 2 fully saturated rings. The Labute approximate surface area is 103 Å². The lowest BCUT2D eigenvalue weighted by atomic mass is 9.95. The van der Waals surface area contributed by atoms with Crippen molar-refractivity contribution in [3.63, 3.8) is 0 Å². The highest BCUT2D eigenvalue weighted by Gasteiger charge is 2.34. The molecule has 0 bridgehead atoms. The SMILES string of the molecule is CCCC1CCCCN1C(=O)C1CNC(=O)C1. The van der Waals surface area contributed by atoms with E-state index in [-0.39, 0.29) is 17.7 Å². The summed E-state index contributed by atoms with van der Waals surface area (Å²) in [5.74, 6) is 0.105. The van der Waals surface area contributed by atoms with Crippen molar-refractivity contribution < 1.29 is 9.59 Å². The van der Waals surface area contributed by atoms with Crippen molar-refractivity contribution in [1.82, 2.24) is 10.2 Å². The molecule has 0 aliphatic carbocycles. The Kier molecular flexibility index (Phi) is 4.02. The lowest BCUT2D eigenvalue weighted by molar-refractivity contribution is -0.139. The van der Waals surface area contributed by atoms with E-state index in [0.29, 0.717) is 19.0 Å². The maximum absolute atomic E-state index is 12.4. The molecule has 2 saturated heterocycles. The second-order valence-corrected chi connectivity index (χ2v) is 5.18. The van der Waals surface area contributed by atoms with E-state index in [9.17, 15) is 9.59 Å². The molecule has 2 amide bonds. The molecule has 17 heavy (non-hydrogen) atoms. The van der Waals surface area contributed by atoms with Crippen molar-refractivity contribution in [3.8, 4) is 0 Å². The fourth-order valence-corrected chi connectivity index (χ4v) is 2.94. The van der Waals surface area contributed by atoms with Crippen LogP contribution < -0.4 is 5.32 Å². The molecule has 2 rings (SSSR count). The van der Waals surface area contributed by atoms with E-state index in [4.69, 9.17) is 0 Å². The second kappa shape index (κ2) is 5.52. The van der Waals surface area contributed by atoms with Crippen molar-refractivity contribution in [3.05, 3.63) is 0 Å². The van der Waals surface area contributed by atoms with Crippen LogP contribution in [0, 0.1) is 5.92 Å². The number of nitrogens with one attached hydrogen (secondary N) is 1. The fourth-order valence-electron chi connectivity index (χ4n) is 2.94. The Morgan fingerprint density at radius 3 is 2.94 bits per heavy atom. The van der Waals surface area contributed by atoms with Crippen molar-refractivity contribution >= 4 is 11.8 Å². The van der Waals surface area contributed by atoms with Crippen LogP contribution in [0.5, 0.6) is 0 Å². The van der Waals surface area contributed by atoms with E-state index in [0.717, 1.165) is 32.2 Å².